The van der Waals surface area contributed by atoms with Crippen molar-refractivity contribution >= 4 is 35.2 Å². The Morgan fingerprint density at radius 1 is 1.20 bits per heavy atom. The molecule has 0 fully saturated rings. The van der Waals surface area contributed by atoms with Crippen molar-refractivity contribution < 1.29 is 4.79 Å². The van der Waals surface area contributed by atoms with Gasteiger partial charge < -0.3 is 9.88 Å². The van der Waals surface area contributed by atoms with Gasteiger partial charge in [0.2, 0.25) is 5.91 Å². The first-order valence-electron chi connectivity index (χ1n) is 8.39. The van der Waals surface area contributed by atoms with Crippen LogP contribution in [0.1, 0.15) is 49.4 Å². The number of hydrogen-bond donors (Lipinski definition) is 1. The molecule has 1 amide bonds. The van der Waals surface area contributed by atoms with Gasteiger partial charge in [-0.1, -0.05) is 29.6 Å². The second-order valence-corrected chi connectivity index (χ2v) is 7.08. The van der Waals surface area contributed by atoms with Gasteiger partial charge in [0.1, 0.15) is 5.82 Å². The lowest BCUT2D eigenvalue weighted by molar-refractivity contribution is -0.117. The average molecular weight is 379 g/mol. The van der Waals surface area contributed by atoms with Crippen molar-refractivity contribution in [1.29, 1.82) is 0 Å². The summed E-state index contributed by atoms with van der Waals surface area (Å²) in [5.74, 6) is 1.62. The molecule has 1 aromatic heterocycles. The van der Waals surface area contributed by atoms with E-state index in [4.69, 9.17) is 23.2 Å². The molecule has 132 valence electrons. The maximum atomic E-state index is 12.2. The summed E-state index contributed by atoms with van der Waals surface area (Å²) >= 11 is 11.9. The molecular formula is C18H20Cl2N4O. The third kappa shape index (κ3) is 4.61. The molecule has 0 bridgehead atoms. The van der Waals surface area contributed by atoms with E-state index in [0.717, 1.165) is 43.0 Å². The van der Waals surface area contributed by atoms with Crippen LogP contribution in [0.15, 0.2) is 24.3 Å². The van der Waals surface area contributed by atoms with Crippen LogP contribution in [-0.2, 0) is 17.8 Å². The minimum absolute atomic E-state index is 0.199. The molecule has 2 heterocycles. The summed E-state index contributed by atoms with van der Waals surface area (Å²) < 4.78 is 2.14. The van der Waals surface area contributed by atoms with Crippen LogP contribution in [0.5, 0.6) is 0 Å². The van der Waals surface area contributed by atoms with Crippen molar-refractivity contribution in [2.24, 2.45) is 0 Å². The molecule has 1 aromatic carbocycles. The van der Waals surface area contributed by atoms with E-state index in [2.05, 4.69) is 20.1 Å². The summed E-state index contributed by atoms with van der Waals surface area (Å²) in [6.07, 6.45) is 7.57. The molecule has 3 rings (SSSR count). The summed E-state index contributed by atoms with van der Waals surface area (Å²) in [7, 11) is 0. The van der Waals surface area contributed by atoms with Crippen LogP contribution >= 0.6 is 23.2 Å². The lowest BCUT2D eigenvalue weighted by atomic mass is 10.2. The number of carbonyl (C=O) groups excluding carboxylic acids is 1. The minimum Gasteiger partial charge on any atom is -0.343 e. The van der Waals surface area contributed by atoms with Crippen molar-refractivity contribution in [1.82, 2.24) is 20.1 Å². The number of carbonyl (C=O) groups is 1. The number of benzene rings is 1. The van der Waals surface area contributed by atoms with E-state index < -0.39 is 0 Å². The third-order valence-corrected chi connectivity index (χ3v) is 4.63. The Morgan fingerprint density at radius 2 is 1.96 bits per heavy atom. The van der Waals surface area contributed by atoms with Crippen molar-refractivity contribution in [3.8, 4) is 0 Å². The Kier molecular flexibility index (Phi) is 5.76. The number of nitrogens with one attached hydrogen (secondary N) is 1. The first kappa shape index (κ1) is 18.0. The molecule has 0 radical (unpaired) electrons. The van der Waals surface area contributed by atoms with Crippen LogP contribution in [0.2, 0.25) is 10.0 Å². The molecule has 5 nitrogen and oxygen atoms in total. The number of aryl methyl sites for hydroxylation is 1. The largest absolute Gasteiger partial charge is 0.343 e. The van der Waals surface area contributed by atoms with Crippen LogP contribution in [-0.4, -0.2) is 20.7 Å². The predicted molar refractivity (Wildman–Crippen MR) is 99.6 cm³/mol. The Balaban J connectivity index is 1.66. The van der Waals surface area contributed by atoms with Gasteiger partial charge in [-0.2, -0.15) is 0 Å². The van der Waals surface area contributed by atoms with Gasteiger partial charge >= 0.3 is 0 Å². The first-order chi connectivity index (χ1) is 12.0. The molecule has 2 aromatic rings. The number of hydrogen-bond acceptors (Lipinski definition) is 3. The Morgan fingerprint density at radius 3 is 2.72 bits per heavy atom. The number of halogens is 2. The fourth-order valence-corrected chi connectivity index (χ4v) is 3.54. The smallest absolute Gasteiger partial charge is 0.244 e. The van der Waals surface area contributed by atoms with Gasteiger partial charge in [-0.15, -0.1) is 10.2 Å². The molecule has 1 unspecified atom stereocenters. The highest BCUT2D eigenvalue weighted by Gasteiger charge is 2.19. The van der Waals surface area contributed by atoms with Crippen molar-refractivity contribution in [3.05, 3.63) is 51.5 Å². The molecule has 1 atom stereocenters. The summed E-state index contributed by atoms with van der Waals surface area (Å²) in [6.45, 7) is 2.83. The quantitative estimate of drug-likeness (QED) is 0.810. The molecule has 0 aliphatic carbocycles. The fraction of sp³-hybridized carbons (Fsp3) is 0.389. The van der Waals surface area contributed by atoms with E-state index in [1.54, 1.807) is 24.3 Å². The maximum absolute atomic E-state index is 12.2. The fourth-order valence-electron chi connectivity index (χ4n) is 3.00. The number of nitrogens with zero attached hydrogens (tertiary/aromatic N) is 3. The first-order valence-corrected chi connectivity index (χ1v) is 9.15. The van der Waals surface area contributed by atoms with Crippen LogP contribution < -0.4 is 5.32 Å². The van der Waals surface area contributed by atoms with Crippen molar-refractivity contribution in [2.45, 2.75) is 45.2 Å². The van der Waals surface area contributed by atoms with E-state index in [1.165, 1.54) is 12.5 Å². The molecular weight excluding hydrogens is 359 g/mol. The van der Waals surface area contributed by atoms with Gasteiger partial charge in [-0.25, -0.2) is 0 Å². The number of fused-ring (bicyclic) bond motifs is 1. The molecule has 1 aliphatic rings. The molecule has 1 N–H and O–H groups in total. The van der Waals surface area contributed by atoms with E-state index in [0.29, 0.717) is 10.0 Å². The van der Waals surface area contributed by atoms with Gasteiger partial charge in [0, 0.05) is 29.1 Å². The van der Waals surface area contributed by atoms with Crippen LogP contribution in [0.25, 0.3) is 6.08 Å². The van der Waals surface area contributed by atoms with Crippen LogP contribution in [0, 0.1) is 0 Å². The zero-order chi connectivity index (χ0) is 17.8. The minimum atomic E-state index is -0.209. The monoisotopic (exact) mass is 378 g/mol. The maximum Gasteiger partial charge on any atom is 0.244 e. The van der Waals surface area contributed by atoms with Gasteiger partial charge in [0.25, 0.3) is 0 Å². The molecule has 0 spiro atoms. The van der Waals surface area contributed by atoms with Gasteiger partial charge in [0.05, 0.1) is 6.04 Å². The second kappa shape index (κ2) is 8.02. The summed E-state index contributed by atoms with van der Waals surface area (Å²) in [5.41, 5.74) is 0.775. The predicted octanol–water partition coefficient (Wildman–Crippen LogP) is 4.20. The Labute approximate surface area is 157 Å². The molecule has 1 aliphatic heterocycles. The highest BCUT2D eigenvalue weighted by atomic mass is 35.5. The Bertz CT molecular complexity index is 780. The van der Waals surface area contributed by atoms with E-state index >= 15 is 0 Å². The normalized spacial score (nSPS) is 15.6. The van der Waals surface area contributed by atoms with E-state index in [-0.39, 0.29) is 11.9 Å². The SMILES string of the molecule is CC(NC(=O)/C=C/c1cc(Cl)cc(Cl)c1)c1nnc2n1CCCCC2. The molecule has 0 saturated carbocycles. The van der Waals surface area contributed by atoms with E-state index in [1.807, 2.05) is 6.92 Å². The van der Waals surface area contributed by atoms with Crippen molar-refractivity contribution in [3.63, 3.8) is 0 Å². The zero-order valence-corrected chi connectivity index (χ0v) is 15.5. The summed E-state index contributed by atoms with van der Waals surface area (Å²) in [4.78, 5) is 12.2. The van der Waals surface area contributed by atoms with Gasteiger partial charge in [-0.3, -0.25) is 4.79 Å². The number of rotatable bonds is 4. The molecule has 7 heteroatoms. The lowest BCUT2D eigenvalue weighted by Gasteiger charge is -2.14. The topological polar surface area (TPSA) is 59.8 Å². The highest BCUT2D eigenvalue weighted by molar-refractivity contribution is 6.34. The zero-order valence-electron chi connectivity index (χ0n) is 14.0. The highest BCUT2D eigenvalue weighted by Crippen LogP contribution is 2.20. The average Bonchev–Trinajstić information content (AvgIpc) is 2.81. The lowest BCUT2D eigenvalue weighted by Crippen LogP contribution is -2.27. The van der Waals surface area contributed by atoms with Crippen molar-refractivity contribution in [2.75, 3.05) is 0 Å². The standard InChI is InChI=1S/C18H20Cl2N4O/c1-12(18-23-22-16-5-3-2-4-8-24(16)18)21-17(25)7-6-13-9-14(19)11-15(20)10-13/h6-7,9-12H,2-5,8H2,1H3,(H,21,25)/b7-6+. The number of amides is 1. The summed E-state index contributed by atoms with van der Waals surface area (Å²) in [6, 6.07) is 4.94. The third-order valence-electron chi connectivity index (χ3n) is 4.20. The Hall–Kier alpha value is -1.85. The van der Waals surface area contributed by atoms with Crippen LogP contribution in [0.3, 0.4) is 0 Å². The molecule has 0 saturated heterocycles. The van der Waals surface area contributed by atoms with Gasteiger partial charge in [0.15, 0.2) is 5.82 Å². The van der Waals surface area contributed by atoms with Crippen LogP contribution in [0.4, 0.5) is 0 Å². The second-order valence-electron chi connectivity index (χ2n) is 6.20. The number of aromatic nitrogens is 3. The summed E-state index contributed by atoms with van der Waals surface area (Å²) in [5, 5.41) is 12.6. The van der Waals surface area contributed by atoms with E-state index in [9.17, 15) is 4.79 Å². The van der Waals surface area contributed by atoms with Gasteiger partial charge in [-0.05, 0) is 49.6 Å². The molecule has 25 heavy (non-hydrogen) atoms.